The molecular weight excluding hydrogens is 249 g/mol. The molecule has 1 N–H and O–H groups in total. The van der Waals surface area contributed by atoms with Crippen LogP contribution in [0.1, 0.15) is 31.9 Å². The van der Waals surface area contributed by atoms with Crippen LogP contribution in [0.2, 0.25) is 0 Å². The van der Waals surface area contributed by atoms with E-state index in [-0.39, 0.29) is 5.82 Å². The molecule has 0 heterocycles. The number of nitrogens with one attached hydrogen (secondary N) is 1. The van der Waals surface area contributed by atoms with Crippen LogP contribution in [0, 0.1) is 5.82 Å². The van der Waals surface area contributed by atoms with Crippen molar-refractivity contribution in [2.75, 3.05) is 13.7 Å². The number of alkyl carbamates (subject to hydrolysis) is 1. The fourth-order valence-corrected chi connectivity index (χ4v) is 1.78. The van der Waals surface area contributed by atoms with E-state index in [0.29, 0.717) is 12.1 Å². The van der Waals surface area contributed by atoms with Gasteiger partial charge in [-0.2, -0.15) is 0 Å². The topological polar surface area (TPSA) is 47.6 Å². The van der Waals surface area contributed by atoms with Gasteiger partial charge in [0.05, 0.1) is 0 Å². The average molecular weight is 269 g/mol. The minimum Gasteiger partial charge on any atom is -0.443 e. The molecule has 0 aliphatic heterocycles. The third-order valence-corrected chi connectivity index (χ3v) is 2.70. The second kappa shape index (κ2) is 7.74. The molecule has 0 saturated heterocycles. The van der Waals surface area contributed by atoms with E-state index in [9.17, 15) is 9.18 Å². The molecule has 1 aromatic rings. The van der Waals surface area contributed by atoms with Crippen LogP contribution in [0.5, 0.6) is 0 Å². The van der Waals surface area contributed by atoms with Crippen molar-refractivity contribution in [3.63, 3.8) is 0 Å². The quantitative estimate of drug-likeness (QED) is 0.863. The molecule has 0 aliphatic rings. The van der Waals surface area contributed by atoms with E-state index in [0.717, 1.165) is 6.42 Å². The molecule has 4 nitrogen and oxygen atoms in total. The highest BCUT2D eigenvalue weighted by Gasteiger charge is 2.24. The predicted octanol–water partition coefficient (Wildman–Crippen LogP) is 3.04. The first-order valence-corrected chi connectivity index (χ1v) is 6.31. The Hall–Kier alpha value is -1.62. The summed E-state index contributed by atoms with van der Waals surface area (Å²) < 4.78 is 24.1. The molecule has 106 valence electrons. The number of hydrogen-bond acceptors (Lipinski definition) is 3. The zero-order valence-corrected chi connectivity index (χ0v) is 11.5. The Balaban J connectivity index is 2.69. The Morgan fingerprint density at radius 1 is 1.42 bits per heavy atom. The van der Waals surface area contributed by atoms with Crippen molar-refractivity contribution in [2.24, 2.45) is 0 Å². The van der Waals surface area contributed by atoms with Gasteiger partial charge in [-0.15, -0.1) is 0 Å². The fourth-order valence-electron chi connectivity index (χ4n) is 1.78. The van der Waals surface area contributed by atoms with E-state index < -0.39 is 18.3 Å². The van der Waals surface area contributed by atoms with Gasteiger partial charge in [0, 0.05) is 19.2 Å². The van der Waals surface area contributed by atoms with Crippen LogP contribution in [-0.4, -0.2) is 25.9 Å². The molecule has 2 atom stereocenters. The number of rotatable bonds is 6. The summed E-state index contributed by atoms with van der Waals surface area (Å²) in [6.07, 6.45) is -0.912. The normalized spacial score (nSPS) is 13.7. The van der Waals surface area contributed by atoms with Gasteiger partial charge in [-0.3, -0.25) is 0 Å². The van der Waals surface area contributed by atoms with Crippen molar-refractivity contribution in [2.45, 2.75) is 32.5 Å². The molecule has 0 radical (unpaired) electrons. The lowest BCUT2D eigenvalue weighted by Gasteiger charge is -2.23. The van der Waals surface area contributed by atoms with Crippen LogP contribution in [0.15, 0.2) is 24.3 Å². The molecule has 0 spiro atoms. The third kappa shape index (κ3) is 4.52. The number of methoxy groups -OCH3 is 1. The number of halogens is 1. The lowest BCUT2D eigenvalue weighted by Crippen LogP contribution is -2.32. The number of carbonyl (C=O) groups excluding carboxylic acids is 1. The van der Waals surface area contributed by atoms with Crippen LogP contribution in [0.25, 0.3) is 0 Å². The molecule has 1 rings (SSSR count). The smallest absolute Gasteiger partial charge is 0.407 e. The van der Waals surface area contributed by atoms with Crippen LogP contribution < -0.4 is 5.32 Å². The van der Waals surface area contributed by atoms with E-state index in [2.05, 4.69) is 5.32 Å². The van der Waals surface area contributed by atoms with Gasteiger partial charge in [-0.05, 0) is 19.4 Å². The zero-order chi connectivity index (χ0) is 14.3. The molecule has 1 aromatic carbocycles. The van der Waals surface area contributed by atoms with Gasteiger partial charge >= 0.3 is 6.09 Å². The first kappa shape index (κ1) is 15.4. The highest BCUT2D eigenvalue weighted by Crippen LogP contribution is 2.25. The van der Waals surface area contributed by atoms with E-state index in [1.54, 1.807) is 25.1 Å². The molecule has 19 heavy (non-hydrogen) atoms. The predicted molar refractivity (Wildman–Crippen MR) is 70.4 cm³/mol. The number of ether oxygens (including phenoxy) is 2. The molecule has 5 heteroatoms. The minimum absolute atomic E-state index is 0.376. The van der Waals surface area contributed by atoms with Crippen molar-refractivity contribution >= 4 is 6.09 Å². The van der Waals surface area contributed by atoms with E-state index >= 15 is 0 Å². The third-order valence-electron chi connectivity index (χ3n) is 2.70. The summed E-state index contributed by atoms with van der Waals surface area (Å²) in [5.41, 5.74) is 0.376. The highest BCUT2D eigenvalue weighted by molar-refractivity contribution is 5.67. The van der Waals surface area contributed by atoms with E-state index in [1.165, 1.54) is 13.2 Å². The van der Waals surface area contributed by atoms with Crippen molar-refractivity contribution in [1.29, 1.82) is 0 Å². The summed E-state index contributed by atoms with van der Waals surface area (Å²) in [6.45, 7) is 4.16. The largest absolute Gasteiger partial charge is 0.443 e. The molecule has 1 amide bonds. The summed E-state index contributed by atoms with van der Waals surface area (Å²) >= 11 is 0. The van der Waals surface area contributed by atoms with Crippen LogP contribution in [0.4, 0.5) is 9.18 Å². The molecule has 0 aromatic heterocycles. The van der Waals surface area contributed by atoms with Gasteiger partial charge in [-0.1, -0.05) is 25.1 Å². The van der Waals surface area contributed by atoms with Crippen molar-refractivity contribution < 1.29 is 18.7 Å². The second-order valence-electron chi connectivity index (χ2n) is 4.22. The SMILES string of the molecule is CCCNC(=O)OC(C)C(OC)c1ccccc1F. The van der Waals surface area contributed by atoms with Crippen LogP contribution in [-0.2, 0) is 9.47 Å². The first-order chi connectivity index (χ1) is 9.10. The van der Waals surface area contributed by atoms with Crippen molar-refractivity contribution in [1.82, 2.24) is 5.32 Å². The van der Waals surface area contributed by atoms with Crippen molar-refractivity contribution in [3.8, 4) is 0 Å². The first-order valence-electron chi connectivity index (χ1n) is 6.31. The Kier molecular flexibility index (Phi) is 6.29. The van der Waals surface area contributed by atoms with Gasteiger partial charge < -0.3 is 14.8 Å². The number of benzene rings is 1. The van der Waals surface area contributed by atoms with E-state index in [4.69, 9.17) is 9.47 Å². The maximum absolute atomic E-state index is 13.7. The molecule has 0 fully saturated rings. The van der Waals surface area contributed by atoms with E-state index in [1.807, 2.05) is 6.92 Å². The number of carbonyl (C=O) groups is 1. The Bertz CT molecular complexity index is 411. The summed E-state index contributed by atoms with van der Waals surface area (Å²) in [5.74, 6) is -0.376. The Labute approximate surface area is 112 Å². The standard InChI is InChI=1S/C14H20FNO3/c1-4-9-16-14(17)19-10(2)13(18-3)11-7-5-6-8-12(11)15/h5-8,10,13H,4,9H2,1-3H3,(H,16,17). The zero-order valence-electron chi connectivity index (χ0n) is 11.5. The Morgan fingerprint density at radius 3 is 2.68 bits per heavy atom. The van der Waals surface area contributed by atoms with Crippen LogP contribution in [0.3, 0.4) is 0 Å². The Morgan fingerprint density at radius 2 is 2.11 bits per heavy atom. The van der Waals surface area contributed by atoms with Gasteiger partial charge in [-0.25, -0.2) is 9.18 Å². The number of hydrogen-bond donors (Lipinski definition) is 1. The van der Waals surface area contributed by atoms with Crippen molar-refractivity contribution in [3.05, 3.63) is 35.6 Å². The maximum Gasteiger partial charge on any atom is 0.407 e. The highest BCUT2D eigenvalue weighted by atomic mass is 19.1. The van der Waals surface area contributed by atoms with Gasteiger partial charge in [0.2, 0.25) is 0 Å². The monoisotopic (exact) mass is 269 g/mol. The maximum atomic E-state index is 13.7. The summed E-state index contributed by atoms with van der Waals surface area (Å²) in [4.78, 5) is 11.5. The molecule has 0 saturated carbocycles. The second-order valence-corrected chi connectivity index (χ2v) is 4.22. The minimum atomic E-state index is -0.631. The van der Waals surface area contributed by atoms with Gasteiger partial charge in [0.1, 0.15) is 18.0 Å². The summed E-state index contributed by atoms with van der Waals surface area (Å²) in [7, 11) is 1.46. The summed E-state index contributed by atoms with van der Waals surface area (Å²) in [6, 6.07) is 6.29. The van der Waals surface area contributed by atoms with Crippen LogP contribution >= 0.6 is 0 Å². The summed E-state index contributed by atoms with van der Waals surface area (Å²) in [5, 5.41) is 2.60. The van der Waals surface area contributed by atoms with Gasteiger partial charge in [0.25, 0.3) is 0 Å². The number of amides is 1. The average Bonchev–Trinajstić information content (AvgIpc) is 2.39. The van der Waals surface area contributed by atoms with Gasteiger partial charge in [0.15, 0.2) is 0 Å². The fraction of sp³-hybridized carbons (Fsp3) is 0.500. The molecule has 0 aliphatic carbocycles. The molecule has 2 unspecified atom stereocenters. The molecular formula is C14H20FNO3. The lowest BCUT2D eigenvalue weighted by molar-refractivity contribution is -0.0165. The molecule has 0 bridgehead atoms. The lowest BCUT2D eigenvalue weighted by atomic mass is 10.0.